The third-order valence-corrected chi connectivity index (χ3v) is 3.31. The lowest BCUT2D eigenvalue weighted by atomic mass is 10.0. The Bertz CT molecular complexity index is 547. The average Bonchev–Trinajstić information content (AvgIpc) is 2.99. The number of nitrogens with one attached hydrogen (secondary N) is 1. The van der Waals surface area contributed by atoms with Gasteiger partial charge in [-0.1, -0.05) is 16.8 Å². The lowest BCUT2D eigenvalue weighted by Gasteiger charge is -2.14. The predicted molar refractivity (Wildman–Crippen MR) is 66.1 cm³/mol. The topological polar surface area (TPSA) is 71.2 Å². The first kappa shape index (κ1) is 11.6. The van der Waals surface area contributed by atoms with Crippen molar-refractivity contribution in [2.45, 2.75) is 12.0 Å². The lowest BCUT2D eigenvalue weighted by molar-refractivity contribution is 0.0243. The van der Waals surface area contributed by atoms with E-state index in [4.69, 9.17) is 16.1 Å². The van der Waals surface area contributed by atoms with Gasteiger partial charge in [-0.05, 0) is 37.2 Å². The number of benzene rings is 1. The van der Waals surface area contributed by atoms with Crippen molar-refractivity contribution in [1.82, 2.24) is 15.5 Å². The molecule has 0 spiro atoms. The smallest absolute Gasteiger partial charge is 0.260 e. The molecule has 1 aromatic heterocycles. The molecule has 0 radical (unpaired) electrons. The largest absolute Gasteiger partial charge is 0.379 e. The van der Waals surface area contributed by atoms with Gasteiger partial charge >= 0.3 is 0 Å². The molecule has 18 heavy (non-hydrogen) atoms. The third-order valence-electron chi connectivity index (χ3n) is 3.06. The number of rotatable bonds is 2. The summed E-state index contributed by atoms with van der Waals surface area (Å²) in [5, 5.41) is 17.9. The van der Waals surface area contributed by atoms with Crippen molar-refractivity contribution >= 4 is 11.6 Å². The molecule has 94 valence electrons. The molecule has 3 rings (SSSR count). The standard InChI is InChI=1S/C12H12ClN3O2/c13-9-3-1-8(2-4-9)10-15-11(18-16-10)12(17)5-6-14-7-12/h1-4,14,17H,5-7H2. The van der Waals surface area contributed by atoms with Gasteiger partial charge in [-0.3, -0.25) is 0 Å². The average molecular weight is 266 g/mol. The van der Waals surface area contributed by atoms with Gasteiger partial charge in [-0.25, -0.2) is 0 Å². The molecular weight excluding hydrogens is 254 g/mol. The molecule has 1 unspecified atom stereocenters. The molecule has 0 aliphatic carbocycles. The molecule has 2 heterocycles. The number of hydrogen-bond acceptors (Lipinski definition) is 5. The Kier molecular flexibility index (Phi) is 2.81. The van der Waals surface area contributed by atoms with Gasteiger partial charge in [0.05, 0.1) is 0 Å². The second-order valence-corrected chi connectivity index (χ2v) is 4.82. The zero-order valence-electron chi connectivity index (χ0n) is 9.56. The summed E-state index contributed by atoms with van der Waals surface area (Å²) in [6, 6.07) is 7.15. The van der Waals surface area contributed by atoms with Crippen molar-refractivity contribution in [3.8, 4) is 11.4 Å². The van der Waals surface area contributed by atoms with Crippen molar-refractivity contribution in [2.24, 2.45) is 0 Å². The first-order chi connectivity index (χ1) is 8.67. The van der Waals surface area contributed by atoms with Crippen LogP contribution in [0.2, 0.25) is 5.02 Å². The van der Waals surface area contributed by atoms with Crippen LogP contribution in [0.4, 0.5) is 0 Å². The highest BCUT2D eigenvalue weighted by Gasteiger charge is 2.38. The summed E-state index contributed by atoms with van der Waals surface area (Å²) < 4.78 is 5.15. The van der Waals surface area contributed by atoms with Crippen LogP contribution in [0.5, 0.6) is 0 Å². The van der Waals surface area contributed by atoms with E-state index in [1.165, 1.54) is 0 Å². The molecule has 1 atom stereocenters. The molecule has 1 aromatic carbocycles. The second kappa shape index (κ2) is 4.35. The minimum Gasteiger partial charge on any atom is -0.379 e. The summed E-state index contributed by atoms with van der Waals surface area (Å²) in [7, 11) is 0. The van der Waals surface area contributed by atoms with Gasteiger partial charge in [-0.2, -0.15) is 4.98 Å². The molecule has 1 saturated heterocycles. The van der Waals surface area contributed by atoms with Gasteiger partial charge in [0, 0.05) is 17.1 Å². The summed E-state index contributed by atoms with van der Waals surface area (Å²) in [6.07, 6.45) is 0.579. The molecule has 2 N–H and O–H groups in total. The molecule has 0 bridgehead atoms. The van der Waals surface area contributed by atoms with E-state index in [1.807, 2.05) is 12.1 Å². The van der Waals surface area contributed by atoms with Crippen LogP contribution < -0.4 is 5.32 Å². The van der Waals surface area contributed by atoms with Crippen LogP contribution in [-0.4, -0.2) is 28.3 Å². The van der Waals surface area contributed by atoms with Crippen LogP contribution in [0.25, 0.3) is 11.4 Å². The van der Waals surface area contributed by atoms with E-state index >= 15 is 0 Å². The molecule has 1 aliphatic heterocycles. The Morgan fingerprint density at radius 1 is 1.33 bits per heavy atom. The summed E-state index contributed by atoms with van der Waals surface area (Å²) in [6.45, 7) is 1.18. The van der Waals surface area contributed by atoms with E-state index in [1.54, 1.807) is 12.1 Å². The van der Waals surface area contributed by atoms with E-state index in [9.17, 15) is 5.11 Å². The third kappa shape index (κ3) is 2.01. The molecule has 0 saturated carbocycles. The quantitative estimate of drug-likeness (QED) is 0.862. The van der Waals surface area contributed by atoms with Crippen LogP contribution in [0, 0.1) is 0 Å². The number of aromatic nitrogens is 2. The first-order valence-electron chi connectivity index (χ1n) is 5.71. The highest BCUT2D eigenvalue weighted by atomic mass is 35.5. The molecule has 6 heteroatoms. The van der Waals surface area contributed by atoms with Crippen molar-refractivity contribution in [1.29, 1.82) is 0 Å². The van der Waals surface area contributed by atoms with Gasteiger partial charge in [0.1, 0.15) is 0 Å². The minimum atomic E-state index is -1.04. The number of aliphatic hydroxyl groups is 1. The van der Waals surface area contributed by atoms with Gasteiger partial charge in [0.25, 0.3) is 5.89 Å². The van der Waals surface area contributed by atoms with Crippen LogP contribution in [0.1, 0.15) is 12.3 Å². The van der Waals surface area contributed by atoms with Gasteiger partial charge < -0.3 is 14.9 Å². The second-order valence-electron chi connectivity index (χ2n) is 4.39. The molecule has 0 amide bonds. The Morgan fingerprint density at radius 3 is 2.78 bits per heavy atom. The fourth-order valence-electron chi connectivity index (χ4n) is 1.99. The van der Waals surface area contributed by atoms with Crippen molar-refractivity contribution in [2.75, 3.05) is 13.1 Å². The highest BCUT2D eigenvalue weighted by Crippen LogP contribution is 2.28. The van der Waals surface area contributed by atoms with Gasteiger partial charge in [0.2, 0.25) is 5.82 Å². The van der Waals surface area contributed by atoms with E-state index in [0.29, 0.717) is 23.8 Å². The summed E-state index contributed by atoms with van der Waals surface area (Å²) in [5.74, 6) is 0.722. The fraction of sp³-hybridized carbons (Fsp3) is 0.333. The van der Waals surface area contributed by atoms with Crippen LogP contribution >= 0.6 is 11.6 Å². The summed E-state index contributed by atoms with van der Waals surface area (Å²) in [4.78, 5) is 4.25. The molecule has 1 fully saturated rings. The minimum absolute atomic E-state index is 0.262. The van der Waals surface area contributed by atoms with Gasteiger partial charge in [0.15, 0.2) is 5.60 Å². The predicted octanol–water partition coefficient (Wildman–Crippen LogP) is 1.57. The van der Waals surface area contributed by atoms with E-state index in [0.717, 1.165) is 12.1 Å². The number of β-amino-alcohol motifs (C(OH)–C–C–N with tert-alkyl or cyclic N) is 1. The molecular formula is C12H12ClN3O2. The van der Waals surface area contributed by atoms with Crippen molar-refractivity contribution in [3.05, 3.63) is 35.2 Å². The number of halogens is 1. The van der Waals surface area contributed by atoms with E-state index < -0.39 is 5.60 Å². The summed E-state index contributed by atoms with van der Waals surface area (Å²) in [5.41, 5.74) is -0.235. The van der Waals surface area contributed by atoms with E-state index in [-0.39, 0.29) is 5.89 Å². The molecule has 2 aromatic rings. The molecule has 1 aliphatic rings. The van der Waals surface area contributed by atoms with Crippen molar-refractivity contribution in [3.63, 3.8) is 0 Å². The zero-order valence-corrected chi connectivity index (χ0v) is 10.3. The molecule has 5 nitrogen and oxygen atoms in total. The maximum absolute atomic E-state index is 10.3. The number of hydrogen-bond donors (Lipinski definition) is 2. The summed E-state index contributed by atoms with van der Waals surface area (Å²) >= 11 is 5.82. The Balaban J connectivity index is 1.91. The monoisotopic (exact) mass is 265 g/mol. The normalized spacial score (nSPS) is 23.4. The SMILES string of the molecule is OC1(c2nc(-c3ccc(Cl)cc3)no2)CCNC1. The first-order valence-corrected chi connectivity index (χ1v) is 6.08. The van der Waals surface area contributed by atoms with Crippen LogP contribution in [0.15, 0.2) is 28.8 Å². The highest BCUT2D eigenvalue weighted by molar-refractivity contribution is 6.30. The van der Waals surface area contributed by atoms with Crippen LogP contribution in [0.3, 0.4) is 0 Å². The Labute approximate surface area is 109 Å². The maximum atomic E-state index is 10.3. The van der Waals surface area contributed by atoms with Gasteiger partial charge in [-0.15, -0.1) is 0 Å². The maximum Gasteiger partial charge on any atom is 0.260 e. The number of nitrogens with zero attached hydrogens (tertiary/aromatic N) is 2. The van der Waals surface area contributed by atoms with Crippen molar-refractivity contribution < 1.29 is 9.63 Å². The Morgan fingerprint density at radius 2 is 2.11 bits per heavy atom. The van der Waals surface area contributed by atoms with E-state index in [2.05, 4.69) is 15.5 Å². The Hall–Kier alpha value is -1.43. The van der Waals surface area contributed by atoms with Crippen LogP contribution in [-0.2, 0) is 5.60 Å². The fourth-order valence-corrected chi connectivity index (χ4v) is 2.12. The zero-order chi connectivity index (χ0) is 12.6. The lowest BCUT2D eigenvalue weighted by Crippen LogP contribution is -2.28.